The van der Waals surface area contributed by atoms with Gasteiger partial charge in [-0.05, 0) is 52.0 Å². The molecule has 1 atom stereocenters. The van der Waals surface area contributed by atoms with Crippen molar-refractivity contribution in [2.75, 3.05) is 19.6 Å². The van der Waals surface area contributed by atoms with Crippen molar-refractivity contribution in [2.45, 2.75) is 64.8 Å². The predicted molar refractivity (Wildman–Crippen MR) is 91.1 cm³/mol. The lowest BCUT2D eigenvalue weighted by molar-refractivity contribution is 0.312. The highest BCUT2D eigenvalue weighted by Crippen LogP contribution is 2.30. The van der Waals surface area contributed by atoms with Crippen LogP contribution in [0.5, 0.6) is 0 Å². The molecular formula is C18H27N5O. The minimum Gasteiger partial charge on any atom is -0.426 e. The maximum absolute atomic E-state index is 5.45. The monoisotopic (exact) mass is 329 g/mol. The molecule has 0 aromatic carbocycles. The van der Waals surface area contributed by atoms with Crippen molar-refractivity contribution in [1.29, 1.82) is 0 Å². The SMILES string of the molecule is Cc1nnc(CCCN2CC[C@H](n3c(C)nc4c3CCCC4)C2)o1. The fourth-order valence-electron chi connectivity index (χ4n) is 4.30. The van der Waals surface area contributed by atoms with E-state index < -0.39 is 0 Å². The van der Waals surface area contributed by atoms with Gasteiger partial charge in [0, 0.05) is 38.2 Å². The van der Waals surface area contributed by atoms with Gasteiger partial charge in [0.1, 0.15) is 5.82 Å². The first-order valence-corrected chi connectivity index (χ1v) is 9.28. The maximum Gasteiger partial charge on any atom is 0.216 e. The molecule has 0 saturated carbocycles. The standard InChI is InChI=1S/C18H27N5O/c1-13-19-16-6-3-4-7-17(16)23(13)15-9-11-22(12-15)10-5-8-18-21-20-14(2)24-18/h15H,3-12H2,1-2H3/t15-/m0/s1. The van der Waals surface area contributed by atoms with Crippen molar-refractivity contribution >= 4 is 0 Å². The largest absolute Gasteiger partial charge is 0.426 e. The van der Waals surface area contributed by atoms with Gasteiger partial charge in [0.05, 0.1) is 5.69 Å². The van der Waals surface area contributed by atoms with Crippen molar-refractivity contribution in [3.8, 4) is 0 Å². The first-order valence-electron chi connectivity index (χ1n) is 9.28. The van der Waals surface area contributed by atoms with Gasteiger partial charge in [-0.25, -0.2) is 4.98 Å². The number of hydrogen-bond donors (Lipinski definition) is 0. The van der Waals surface area contributed by atoms with Gasteiger partial charge >= 0.3 is 0 Å². The number of aromatic nitrogens is 4. The van der Waals surface area contributed by atoms with Gasteiger partial charge in [0.2, 0.25) is 11.8 Å². The number of likely N-dealkylation sites (tertiary alicyclic amines) is 1. The third kappa shape index (κ3) is 3.11. The molecule has 6 heteroatoms. The highest BCUT2D eigenvalue weighted by molar-refractivity contribution is 5.21. The van der Waals surface area contributed by atoms with Crippen LogP contribution in [0.1, 0.15) is 60.7 Å². The topological polar surface area (TPSA) is 60.0 Å². The van der Waals surface area contributed by atoms with Gasteiger partial charge in [-0.2, -0.15) is 0 Å². The van der Waals surface area contributed by atoms with E-state index in [4.69, 9.17) is 9.40 Å². The molecule has 1 fully saturated rings. The summed E-state index contributed by atoms with van der Waals surface area (Å²) in [7, 11) is 0. The summed E-state index contributed by atoms with van der Waals surface area (Å²) in [4.78, 5) is 7.41. The van der Waals surface area contributed by atoms with Crippen LogP contribution in [0.3, 0.4) is 0 Å². The molecule has 1 saturated heterocycles. The summed E-state index contributed by atoms with van der Waals surface area (Å²) in [6.07, 6.45) is 8.19. The van der Waals surface area contributed by atoms with E-state index in [2.05, 4.69) is 26.6 Å². The Hall–Kier alpha value is -1.69. The van der Waals surface area contributed by atoms with Crippen LogP contribution in [0, 0.1) is 13.8 Å². The van der Waals surface area contributed by atoms with Crippen LogP contribution in [0.25, 0.3) is 0 Å². The Bertz CT molecular complexity index is 704. The first kappa shape index (κ1) is 15.8. The van der Waals surface area contributed by atoms with Crippen LogP contribution in [0.2, 0.25) is 0 Å². The fourth-order valence-corrected chi connectivity index (χ4v) is 4.30. The van der Waals surface area contributed by atoms with Crippen LogP contribution in [-0.4, -0.2) is 44.3 Å². The zero-order valence-corrected chi connectivity index (χ0v) is 14.8. The summed E-state index contributed by atoms with van der Waals surface area (Å²) in [6, 6.07) is 0.602. The van der Waals surface area contributed by atoms with Crippen LogP contribution in [-0.2, 0) is 19.3 Å². The highest BCUT2D eigenvalue weighted by Gasteiger charge is 2.28. The molecule has 0 N–H and O–H groups in total. The maximum atomic E-state index is 5.45. The smallest absolute Gasteiger partial charge is 0.216 e. The van der Waals surface area contributed by atoms with Gasteiger partial charge in [-0.15, -0.1) is 10.2 Å². The van der Waals surface area contributed by atoms with Crippen molar-refractivity contribution in [2.24, 2.45) is 0 Å². The first-order chi connectivity index (χ1) is 11.7. The molecule has 130 valence electrons. The quantitative estimate of drug-likeness (QED) is 0.844. The van der Waals surface area contributed by atoms with E-state index in [0.717, 1.165) is 31.8 Å². The van der Waals surface area contributed by atoms with Crippen LogP contribution < -0.4 is 0 Å². The molecule has 3 heterocycles. The number of aryl methyl sites for hydroxylation is 4. The number of nitrogens with zero attached hydrogens (tertiary/aromatic N) is 5. The van der Waals surface area contributed by atoms with Crippen LogP contribution in [0.4, 0.5) is 0 Å². The van der Waals surface area contributed by atoms with Gasteiger partial charge < -0.3 is 13.9 Å². The average molecular weight is 329 g/mol. The second-order valence-corrected chi connectivity index (χ2v) is 7.19. The van der Waals surface area contributed by atoms with E-state index in [9.17, 15) is 0 Å². The molecule has 0 radical (unpaired) electrons. The molecule has 2 aliphatic rings. The van der Waals surface area contributed by atoms with Crippen molar-refractivity contribution < 1.29 is 4.42 Å². The molecular weight excluding hydrogens is 302 g/mol. The summed E-state index contributed by atoms with van der Waals surface area (Å²) in [5.41, 5.74) is 2.89. The molecule has 2 aromatic heterocycles. The van der Waals surface area contributed by atoms with Crippen molar-refractivity contribution in [3.63, 3.8) is 0 Å². The zero-order chi connectivity index (χ0) is 16.5. The number of rotatable bonds is 5. The van der Waals surface area contributed by atoms with Crippen molar-refractivity contribution in [3.05, 3.63) is 29.0 Å². The number of imidazole rings is 1. The lowest BCUT2D eigenvalue weighted by Gasteiger charge is -2.21. The van der Waals surface area contributed by atoms with E-state index in [1.165, 1.54) is 55.9 Å². The van der Waals surface area contributed by atoms with Crippen molar-refractivity contribution in [1.82, 2.24) is 24.6 Å². The van der Waals surface area contributed by atoms with Gasteiger partial charge in [-0.3, -0.25) is 0 Å². The predicted octanol–water partition coefficient (Wildman–Crippen LogP) is 2.64. The Morgan fingerprint density at radius 2 is 2.04 bits per heavy atom. The lowest BCUT2D eigenvalue weighted by atomic mass is 10.0. The van der Waals surface area contributed by atoms with Gasteiger partial charge in [-0.1, -0.05) is 0 Å². The second-order valence-electron chi connectivity index (χ2n) is 7.19. The molecule has 4 rings (SSSR count). The number of hydrogen-bond acceptors (Lipinski definition) is 5. The molecule has 0 bridgehead atoms. The summed E-state index contributed by atoms with van der Waals surface area (Å²) < 4.78 is 8.00. The second kappa shape index (κ2) is 6.67. The Balaban J connectivity index is 1.34. The Labute approximate surface area is 143 Å². The third-order valence-corrected chi connectivity index (χ3v) is 5.39. The third-order valence-electron chi connectivity index (χ3n) is 5.39. The summed E-state index contributed by atoms with van der Waals surface area (Å²) in [5, 5.41) is 7.97. The molecule has 0 amide bonds. The Kier molecular flexibility index (Phi) is 4.39. The molecule has 2 aromatic rings. The molecule has 24 heavy (non-hydrogen) atoms. The molecule has 6 nitrogen and oxygen atoms in total. The average Bonchev–Trinajstić information content (AvgIpc) is 3.26. The van der Waals surface area contributed by atoms with Crippen LogP contribution in [0.15, 0.2) is 4.42 Å². The highest BCUT2D eigenvalue weighted by atomic mass is 16.4. The fraction of sp³-hybridized carbons (Fsp3) is 0.722. The summed E-state index contributed by atoms with van der Waals surface area (Å²) in [5.74, 6) is 2.64. The van der Waals surface area contributed by atoms with Crippen LogP contribution >= 0.6 is 0 Å². The van der Waals surface area contributed by atoms with Gasteiger partial charge in [0.25, 0.3) is 0 Å². The Morgan fingerprint density at radius 1 is 1.17 bits per heavy atom. The number of fused-ring (bicyclic) bond motifs is 1. The minimum absolute atomic E-state index is 0.602. The zero-order valence-electron chi connectivity index (χ0n) is 14.8. The lowest BCUT2D eigenvalue weighted by Crippen LogP contribution is -2.24. The normalized spacial score (nSPS) is 21.3. The molecule has 0 spiro atoms. The van der Waals surface area contributed by atoms with E-state index >= 15 is 0 Å². The molecule has 1 aliphatic heterocycles. The van der Waals surface area contributed by atoms with E-state index in [1.54, 1.807) is 0 Å². The summed E-state index contributed by atoms with van der Waals surface area (Å²) >= 11 is 0. The molecule has 1 aliphatic carbocycles. The van der Waals surface area contributed by atoms with E-state index in [-0.39, 0.29) is 0 Å². The molecule has 0 unspecified atom stereocenters. The van der Waals surface area contributed by atoms with Gasteiger partial charge in [0.15, 0.2) is 0 Å². The minimum atomic E-state index is 0.602. The van der Waals surface area contributed by atoms with E-state index in [0.29, 0.717) is 11.9 Å². The summed E-state index contributed by atoms with van der Waals surface area (Å²) in [6.45, 7) is 7.45. The van der Waals surface area contributed by atoms with E-state index in [1.807, 2.05) is 6.92 Å². The Morgan fingerprint density at radius 3 is 2.88 bits per heavy atom.